The monoisotopic (exact) mass is 598 g/mol. The van der Waals surface area contributed by atoms with Gasteiger partial charge >= 0.3 is 6.09 Å². The summed E-state index contributed by atoms with van der Waals surface area (Å²) < 4.78 is 60.6. The molecule has 0 bridgehead atoms. The molecule has 3 heterocycles. The summed E-state index contributed by atoms with van der Waals surface area (Å²) in [5.74, 6) is -0.109. The van der Waals surface area contributed by atoms with Crippen LogP contribution in [0.25, 0.3) is 0 Å². The number of fused-ring (bicyclic) bond motifs is 1. The average molecular weight is 599 g/mol. The lowest BCUT2D eigenvalue weighted by atomic mass is 9.98. The molecule has 40 heavy (non-hydrogen) atoms. The molecule has 224 valence electrons. The number of sulfonamides is 2. The van der Waals surface area contributed by atoms with Crippen LogP contribution in [0.2, 0.25) is 0 Å². The molecule has 3 unspecified atom stereocenters. The van der Waals surface area contributed by atoms with Crippen molar-refractivity contribution in [3.8, 4) is 0 Å². The average Bonchev–Trinajstić information content (AvgIpc) is 3.48. The predicted molar refractivity (Wildman–Crippen MR) is 149 cm³/mol. The van der Waals surface area contributed by atoms with Crippen molar-refractivity contribution in [1.29, 1.82) is 0 Å². The van der Waals surface area contributed by atoms with E-state index in [0.717, 1.165) is 0 Å². The van der Waals surface area contributed by atoms with Gasteiger partial charge in [0, 0.05) is 64.2 Å². The van der Waals surface area contributed by atoms with Crippen molar-refractivity contribution >= 4 is 32.0 Å². The van der Waals surface area contributed by atoms with Crippen molar-refractivity contribution in [2.45, 2.75) is 62.9 Å². The summed E-state index contributed by atoms with van der Waals surface area (Å²) in [5.41, 5.74) is -0.560. The molecule has 3 aliphatic heterocycles. The van der Waals surface area contributed by atoms with Crippen LogP contribution in [0.5, 0.6) is 0 Å². The van der Waals surface area contributed by atoms with E-state index in [-0.39, 0.29) is 40.2 Å². The van der Waals surface area contributed by atoms with Gasteiger partial charge in [0.1, 0.15) is 5.60 Å². The number of amides is 2. The molecule has 3 saturated heterocycles. The van der Waals surface area contributed by atoms with Gasteiger partial charge in [-0.1, -0.05) is 13.8 Å². The molecule has 11 nitrogen and oxygen atoms in total. The summed E-state index contributed by atoms with van der Waals surface area (Å²) in [5, 5.41) is 0. The number of benzene rings is 1. The minimum absolute atomic E-state index is 0.0111. The van der Waals surface area contributed by atoms with Crippen LogP contribution in [0.3, 0.4) is 0 Å². The number of likely N-dealkylation sites (tertiary alicyclic amines) is 2. The molecule has 0 aliphatic carbocycles. The summed E-state index contributed by atoms with van der Waals surface area (Å²) in [4.78, 5) is 29.5. The van der Waals surface area contributed by atoms with Gasteiger partial charge in [0.05, 0.1) is 15.7 Å². The van der Waals surface area contributed by atoms with Crippen LogP contribution in [0.15, 0.2) is 34.1 Å². The number of ether oxygens (including phenoxy) is 1. The number of piperidine rings is 1. The second kappa shape index (κ2) is 11.6. The number of hydrogen-bond donors (Lipinski definition) is 0. The van der Waals surface area contributed by atoms with E-state index in [4.69, 9.17) is 4.74 Å². The van der Waals surface area contributed by atoms with Gasteiger partial charge in [-0.05, 0) is 57.9 Å². The van der Waals surface area contributed by atoms with E-state index >= 15 is 0 Å². The first-order chi connectivity index (χ1) is 18.7. The van der Waals surface area contributed by atoms with Crippen LogP contribution in [0, 0.1) is 17.8 Å². The zero-order valence-electron chi connectivity index (χ0n) is 24.1. The van der Waals surface area contributed by atoms with Gasteiger partial charge in [0.25, 0.3) is 0 Å². The highest BCUT2D eigenvalue weighted by molar-refractivity contribution is 7.89. The maximum Gasteiger partial charge on any atom is 0.410 e. The first-order valence-electron chi connectivity index (χ1n) is 14.0. The Balaban J connectivity index is 1.38. The van der Waals surface area contributed by atoms with E-state index in [0.29, 0.717) is 58.7 Å². The predicted octanol–water partition coefficient (Wildman–Crippen LogP) is 2.44. The number of carbonyl (C=O) groups excluding carboxylic acids is 2. The Kier molecular flexibility index (Phi) is 8.89. The van der Waals surface area contributed by atoms with Crippen molar-refractivity contribution in [1.82, 2.24) is 18.4 Å². The third-order valence-electron chi connectivity index (χ3n) is 7.99. The Bertz CT molecular complexity index is 1290. The van der Waals surface area contributed by atoms with Crippen LogP contribution in [-0.4, -0.2) is 105 Å². The van der Waals surface area contributed by atoms with E-state index in [1.807, 2.05) is 25.7 Å². The van der Waals surface area contributed by atoms with Gasteiger partial charge in [-0.3, -0.25) is 4.79 Å². The van der Waals surface area contributed by atoms with Gasteiger partial charge < -0.3 is 14.5 Å². The molecule has 0 aromatic heterocycles. The largest absolute Gasteiger partial charge is 0.444 e. The molecular formula is C27H42N4O7S2. The second-order valence-corrected chi connectivity index (χ2v) is 15.8. The first-order valence-corrected chi connectivity index (χ1v) is 16.9. The molecule has 0 N–H and O–H groups in total. The fraction of sp³-hybridized carbons (Fsp3) is 0.704. The molecule has 3 aliphatic rings. The molecule has 0 saturated carbocycles. The summed E-state index contributed by atoms with van der Waals surface area (Å²) in [6.07, 6.45) is 0.852. The Morgan fingerprint density at radius 1 is 0.875 bits per heavy atom. The maximum atomic E-state index is 13.4. The van der Waals surface area contributed by atoms with E-state index in [9.17, 15) is 26.4 Å². The smallest absolute Gasteiger partial charge is 0.410 e. The molecule has 3 fully saturated rings. The van der Waals surface area contributed by atoms with Crippen molar-refractivity contribution in [2.75, 3.05) is 52.4 Å². The number of nitrogens with zero attached hydrogens (tertiary/aromatic N) is 4. The summed E-state index contributed by atoms with van der Waals surface area (Å²) in [6.45, 7) is 12.3. The quantitative estimate of drug-likeness (QED) is 0.472. The van der Waals surface area contributed by atoms with Gasteiger partial charge in [0.2, 0.25) is 26.0 Å². The van der Waals surface area contributed by atoms with E-state index < -0.39 is 31.6 Å². The third kappa shape index (κ3) is 6.32. The zero-order chi connectivity index (χ0) is 29.5. The molecule has 4 rings (SSSR count). The summed E-state index contributed by atoms with van der Waals surface area (Å²) in [6, 6.07) is 5.32. The Labute approximate surface area is 238 Å². The Morgan fingerprint density at radius 2 is 1.40 bits per heavy atom. The van der Waals surface area contributed by atoms with Crippen molar-refractivity contribution in [3.05, 3.63) is 24.3 Å². The highest BCUT2D eigenvalue weighted by atomic mass is 32.2. The molecule has 1 aromatic rings. The third-order valence-corrected chi connectivity index (χ3v) is 11.9. The van der Waals surface area contributed by atoms with Crippen LogP contribution >= 0.6 is 0 Å². The SMILES string of the molecule is CCN(CC)S(=O)(=O)c1ccc(S(=O)(=O)N2CCCC(C(=O)N3CC4CN(C(=O)OC(C)(C)C)CC4C3)C2)cc1. The van der Waals surface area contributed by atoms with Gasteiger partial charge in [-0.2, -0.15) is 8.61 Å². The van der Waals surface area contributed by atoms with E-state index in [1.165, 1.54) is 32.9 Å². The number of carbonyl (C=O) groups is 2. The molecule has 2 amide bonds. The van der Waals surface area contributed by atoms with Crippen molar-refractivity contribution in [3.63, 3.8) is 0 Å². The van der Waals surface area contributed by atoms with Crippen LogP contribution in [0.1, 0.15) is 47.5 Å². The topological polar surface area (TPSA) is 125 Å². The number of rotatable bonds is 7. The molecule has 0 radical (unpaired) electrons. The normalized spacial score (nSPS) is 24.4. The lowest BCUT2D eigenvalue weighted by molar-refractivity contribution is -0.136. The molecule has 0 spiro atoms. The minimum atomic E-state index is -3.90. The fourth-order valence-corrected chi connectivity index (χ4v) is 8.90. The molecule has 13 heteroatoms. The van der Waals surface area contributed by atoms with Crippen LogP contribution < -0.4 is 0 Å². The van der Waals surface area contributed by atoms with Gasteiger partial charge in [-0.15, -0.1) is 0 Å². The lowest BCUT2D eigenvalue weighted by Gasteiger charge is -2.33. The standard InChI is InChI=1S/C27H42N4O7S2/c1-6-30(7-2)39(34,35)23-10-12-24(13-11-23)40(36,37)31-14-8-9-20(19-31)25(32)28-15-21-17-29(18-22(21)16-28)26(33)38-27(3,4)5/h10-13,20-22H,6-9,14-19H2,1-5H3. The van der Waals surface area contributed by atoms with Gasteiger partial charge in [-0.25, -0.2) is 21.6 Å². The highest BCUT2D eigenvalue weighted by Crippen LogP contribution is 2.34. The second-order valence-electron chi connectivity index (χ2n) is 11.9. The highest BCUT2D eigenvalue weighted by Gasteiger charge is 2.45. The maximum absolute atomic E-state index is 13.4. The summed E-state index contributed by atoms with van der Waals surface area (Å²) in [7, 11) is -7.59. The summed E-state index contributed by atoms with van der Waals surface area (Å²) >= 11 is 0. The fourth-order valence-electron chi connectivity index (χ4n) is 5.91. The first kappa shape index (κ1) is 30.7. The van der Waals surface area contributed by atoms with Crippen LogP contribution in [0.4, 0.5) is 4.79 Å². The Hall–Kier alpha value is -2.22. The van der Waals surface area contributed by atoms with Crippen molar-refractivity contribution < 1.29 is 31.2 Å². The van der Waals surface area contributed by atoms with Gasteiger partial charge in [0.15, 0.2) is 0 Å². The van der Waals surface area contributed by atoms with E-state index in [2.05, 4.69) is 0 Å². The zero-order valence-corrected chi connectivity index (χ0v) is 25.7. The molecular weight excluding hydrogens is 556 g/mol. The van der Waals surface area contributed by atoms with Crippen LogP contribution in [-0.2, 0) is 29.6 Å². The molecule has 3 atom stereocenters. The van der Waals surface area contributed by atoms with E-state index in [1.54, 1.807) is 18.7 Å². The lowest BCUT2D eigenvalue weighted by Crippen LogP contribution is -2.47. The number of hydrogen-bond acceptors (Lipinski definition) is 7. The van der Waals surface area contributed by atoms with Crippen molar-refractivity contribution in [2.24, 2.45) is 17.8 Å². The molecule has 1 aromatic carbocycles. The minimum Gasteiger partial charge on any atom is -0.444 e. The Morgan fingerprint density at radius 3 is 1.93 bits per heavy atom.